The molecule has 5 rings (SSSR count). The number of aliphatic imine (C=N–C) groups is 1. The summed E-state index contributed by atoms with van der Waals surface area (Å²) in [5, 5.41) is 8.75. The van der Waals surface area contributed by atoms with E-state index in [0.717, 1.165) is 51.5 Å². The van der Waals surface area contributed by atoms with Crippen LogP contribution < -0.4 is 10.6 Å². The van der Waals surface area contributed by atoms with Crippen molar-refractivity contribution < 1.29 is 9.59 Å². The summed E-state index contributed by atoms with van der Waals surface area (Å²) in [5.74, 6) is 1.10. The number of carbonyl (C=O) groups is 2. The number of nitrogens with zero attached hydrogens (tertiary/aromatic N) is 3. The Morgan fingerprint density at radius 2 is 1.94 bits per heavy atom. The van der Waals surface area contributed by atoms with Crippen LogP contribution in [-0.2, 0) is 22.6 Å². The molecule has 1 saturated carbocycles. The van der Waals surface area contributed by atoms with Crippen LogP contribution in [0.25, 0.3) is 0 Å². The van der Waals surface area contributed by atoms with E-state index in [2.05, 4.69) is 39.1 Å². The zero-order valence-electron chi connectivity index (χ0n) is 18.0. The first-order valence-electron chi connectivity index (χ1n) is 11.5. The number of rotatable bonds is 7. The van der Waals surface area contributed by atoms with Crippen LogP contribution in [0.2, 0.25) is 0 Å². The number of hydrogen-bond donors (Lipinski definition) is 2. The Bertz CT molecular complexity index is 880. The third kappa shape index (κ3) is 3.91. The highest BCUT2D eigenvalue weighted by molar-refractivity contribution is 7.10. The van der Waals surface area contributed by atoms with E-state index in [1.54, 1.807) is 0 Å². The fraction of sp³-hybridized carbons (Fsp3) is 0.609. The van der Waals surface area contributed by atoms with Gasteiger partial charge in [0, 0.05) is 44.1 Å². The Morgan fingerprint density at radius 3 is 2.68 bits per heavy atom. The highest BCUT2D eigenvalue weighted by atomic mass is 32.1. The predicted molar refractivity (Wildman–Crippen MR) is 122 cm³/mol. The van der Waals surface area contributed by atoms with Gasteiger partial charge in [-0.3, -0.25) is 24.4 Å². The van der Waals surface area contributed by atoms with Crippen molar-refractivity contribution in [3.8, 4) is 0 Å². The van der Waals surface area contributed by atoms with E-state index in [0.29, 0.717) is 13.1 Å². The zero-order chi connectivity index (χ0) is 21.4. The van der Waals surface area contributed by atoms with E-state index in [1.165, 1.54) is 15.3 Å². The molecule has 4 aliphatic rings. The molecule has 1 saturated heterocycles. The molecule has 0 radical (unpaired) electrons. The van der Waals surface area contributed by atoms with E-state index in [-0.39, 0.29) is 35.5 Å². The monoisotopic (exact) mass is 441 g/mol. The van der Waals surface area contributed by atoms with Gasteiger partial charge in [0.1, 0.15) is 0 Å². The summed E-state index contributed by atoms with van der Waals surface area (Å²) >= 11 is 1.86. The normalized spacial score (nSPS) is 29.6. The van der Waals surface area contributed by atoms with Crippen molar-refractivity contribution in [3.63, 3.8) is 0 Å². The number of imide groups is 1. The van der Waals surface area contributed by atoms with Crippen molar-refractivity contribution in [1.82, 2.24) is 20.4 Å². The minimum Gasteiger partial charge on any atom is -0.357 e. The number of allylic oxidation sites excluding steroid dienone is 2. The summed E-state index contributed by atoms with van der Waals surface area (Å²) < 4.78 is 0. The van der Waals surface area contributed by atoms with Crippen LogP contribution in [0.5, 0.6) is 0 Å². The summed E-state index contributed by atoms with van der Waals surface area (Å²) in [4.78, 5) is 35.7. The molecule has 8 heteroatoms. The number of carbonyl (C=O) groups excluding carboxylic acids is 2. The Balaban J connectivity index is 1.10. The largest absolute Gasteiger partial charge is 0.357 e. The summed E-state index contributed by atoms with van der Waals surface area (Å²) in [6.45, 7) is 7.48. The van der Waals surface area contributed by atoms with Gasteiger partial charge in [-0.05, 0) is 48.6 Å². The van der Waals surface area contributed by atoms with Gasteiger partial charge in [0.05, 0.1) is 18.4 Å². The number of hydrogen-bond acceptors (Lipinski definition) is 5. The molecule has 7 nitrogen and oxygen atoms in total. The van der Waals surface area contributed by atoms with E-state index in [1.807, 2.05) is 18.3 Å². The van der Waals surface area contributed by atoms with Crippen LogP contribution in [0.3, 0.4) is 0 Å². The lowest BCUT2D eigenvalue weighted by Crippen LogP contribution is -2.44. The summed E-state index contributed by atoms with van der Waals surface area (Å²) in [7, 11) is 0. The van der Waals surface area contributed by atoms with Crippen LogP contribution in [0.4, 0.5) is 0 Å². The zero-order valence-corrected chi connectivity index (χ0v) is 18.9. The molecule has 2 aliphatic heterocycles. The van der Waals surface area contributed by atoms with Gasteiger partial charge in [-0.15, -0.1) is 11.3 Å². The molecule has 31 heavy (non-hydrogen) atoms. The van der Waals surface area contributed by atoms with Crippen molar-refractivity contribution in [2.45, 2.75) is 26.3 Å². The smallest absolute Gasteiger partial charge is 0.233 e. The maximum Gasteiger partial charge on any atom is 0.233 e. The lowest BCUT2D eigenvalue weighted by molar-refractivity contribution is -0.140. The lowest BCUT2D eigenvalue weighted by atomic mass is 9.85. The first-order chi connectivity index (χ1) is 15.2. The van der Waals surface area contributed by atoms with Crippen molar-refractivity contribution >= 4 is 29.1 Å². The third-order valence-corrected chi connectivity index (χ3v) is 8.13. The van der Waals surface area contributed by atoms with Crippen LogP contribution in [0, 0.1) is 23.7 Å². The van der Waals surface area contributed by atoms with Gasteiger partial charge in [0.25, 0.3) is 0 Å². The van der Waals surface area contributed by atoms with Gasteiger partial charge in [-0.1, -0.05) is 12.2 Å². The molecule has 0 spiro atoms. The lowest BCUT2D eigenvalue weighted by Gasteiger charge is -2.26. The molecule has 2 aliphatic carbocycles. The number of guanidine groups is 1. The summed E-state index contributed by atoms with van der Waals surface area (Å²) in [6.07, 6.45) is 6.37. The standard InChI is InChI=1S/C23H31N5O2S/c1-2-24-23(25-7-10-27-9-5-18-17(14-27)6-12-31-18)26-8-11-28-21(29)19-15-3-4-16(13-15)20(19)22(28)30/h3-4,6,12,15-16,19-20H,2,5,7-11,13-14H2,1H3,(H2,24,25,26). The second kappa shape index (κ2) is 8.74. The number of likely N-dealkylation sites (tertiary alicyclic amines) is 1. The van der Waals surface area contributed by atoms with Gasteiger partial charge in [-0.25, -0.2) is 0 Å². The minimum absolute atomic E-state index is 0.0217. The van der Waals surface area contributed by atoms with Crippen LogP contribution in [0.1, 0.15) is 23.8 Å². The van der Waals surface area contributed by atoms with Gasteiger partial charge >= 0.3 is 0 Å². The summed E-state index contributed by atoms with van der Waals surface area (Å²) in [5.41, 5.74) is 1.46. The molecule has 2 bridgehead atoms. The Hall–Kier alpha value is -2.19. The van der Waals surface area contributed by atoms with E-state index < -0.39 is 0 Å². The van der Waals surface area contributed by atoms with Crippen LogP contribution >= 0.6 is 11.3 Å². The van der Waals surface area contributed by atoms with Crippen LogP contribution in [0.15, 0.2) is 28.6 Å². The number of thiophene rings is 1. The van der Waals surface area contributed by atoms with Gasteiger partial charge in [-0.2, -0.15) is 0 Å². The van der Waals surface area contributed by atoms with E-state index >= 15 is 0 Å². The minimum atomic E-state index is -0.113. The molecule has 1 aromatic heterocycles. The number of nitrogens with one attached hydrogen (secondary N) is 2. The molecule has 4 unspecified atom stereocenters. The second-order valence-corrected chi connectivity index (χ2v) is 9.91. The molecular formula is C23H31N5O2S. The SMILES string of the molecule is CCNC(=NCCN1CCc2sccc2C1)NCCN1C(=O)C2C3C=CC(C3)C2C1=O. The average molecular weight is 442 g/mol. The average Bonchev–Trinajstić information content (AvgIpc) is 3.54. The molecule has 166 valence electrons. The number of amides is 2. The fourth-order valence-electron chi connectivity index (χ4n) is 5.61. The quantitative estimate of drug-likeness (QED) is 0.290. The molecular weight excluding hydrogens is 410 g/mol. The maximum atomic E-state index is 12.8. The van der Waals surface area contributed by atoms with Crippen molar-refractivity contribution in [2.75, 3.05) is 39.3 Å². The third-order valence-electron chi connectivity index (χ3n) is 7.11. The fourth-order valence-corrected chi connectivity index (χ4v) is 6.50. The van der Waals surface area contributed by atoms with Gasteiger partial charge < -0.3 is 10.6 Å². The van der Waals surface area contributed by atoms with E-state index in [9.17, 15) is 9.59 Å². The van der Waals surface area contributed by atoms with Crippen molar-refractivity contribution in [2.24, 2.45) is 28.7 Å². The van der Waals surface area contributed by atoms with Crippen LogP contribution in [-0.4, -0.2) is 66.8 Å². The van der Waals surface area contributed by atoms with Gasteiger partial charge in [0.2, 0.25) is 11.8 Å². The van der Waals surface area contributed by atoms with E-state index in [4.69, 9.17) is 4.99 Å². The first kappa shape index (κ1) is 20.7. The maximum absolute atomic E-state index is 12.8. The first-order valence-corrected chi connectivity index (χ1v) is 12.4. The molecule has 2 fully saturated rings. The second-order valence-electron chi connectivity index (χ2n) is 8.91. The van der Waals surface area contributed by atoms with Crippen molar-refractivity contribution in [3.05, 3.63) is 34.0 Å². The molecule has 2 N–H and O–H groups in total. The molecule has 1 aromatic rings. The Kier molecular flexibility index (Phi) is 5.84. The van der Waals surface area contributed by atoms with Crippen molar-refractivity contribution in [1.29, 1.82) is 0 Å². The Morgan fingerprint density at radius 1 is 1.16 bits per heavy atom. The molecule has 2 amide bonds. The highest BCUT2D eigenvalue weighted by Crippen LogP contribution is 2.52. The Labute approximate surface area is 187 Å². The topological polar surface area (TPSA) is 77.0 Å². The van der Waals surface area contributed by atoms with Gasteiger partial charge in [0.15, 0.2) is 5.96 Å². The number of fused-ring (bicyclic) bond motifs is 6. The molecule has 4 atom stereocenters. The molecule has 0 aromatic carbocycles. The predicted octanol–water partition coefficient (Wildman–Crippen LogP) is 1.47. The molecule has 3 heterocycles. The highest BCUT2D eigenvalue weighted by Gasteiger charge is 2.58. The summed E-state index contributed by atoms with van der Waals surface area (Å²) in [6, 6.07) is 2.23.